The quantitative estimate of drug-likeness (QED) is 0.711. The van der Waals surface area contributed by atoms with E-state index in [1.54, 1.807) is 32.0 Å². The molecule has 0 bridgehead atoms. The Balaban J connectivity index is 1.97. The molecular formula is C17H14ClN3O4S. The summed E-state index contributed by atoms with van der Waals surface area (Å²) in [4.78, 5) is 41.0. The molecular weight excluding hydrogens is 378 g/mol. The molecule has 0 unspecified atom stereocenters. The van der Waals surface area contributed by atoms with Gasteiger partial charge in [-0.2, -0.15) is 0 Å². The first-order valence-corrected chi connectivity index (χ1v) is 8.82. The normalized spacial score (nSPS) is 10.9. The van der Waals surface area contributed by atoms with Gasteiger partial charge in [0.15, 0.2) is 0 Å². The molecule has 2 heterocycles. The molecule has 1 aromatic carbocycles. The first-order valence-electron chi connectivity index (χ1n) is 7.56. The minimum absolute atomic E-state index is 0.0137. The van der Waals surface area contributed by atoms with Crippen molar-refractivity contribution in [2.45, 2.75) is 20.4 Å². The van der Waals surface area contributed by atoms with Gasteiger partial charge in [0, 0.05) is 16.1 Å². The van der Waals surface area contributed by atoms with Crippen molar-refractivity contribution in [2.75, 3.05) is 5.32 Å². The maximum Gasteiger partial charge on any atom is 0.337 e. The number of hydrogen-bond acceptors (Lipinski definition) is 5. The van der Waals surface area contributed by atoms with Crippen LogP contribution in [0.25, 0.3) is 10.2 Å². The third-order valence-corrected chi connectivity index (χ3v) is 5.24. The smallest absolute Gasteiger partial charge is 0.337 e. The molecule has 26 heavy (non-hydrogen) atoms. The van der Waals surface area contributed by atoms with Gasteiger partial charge in [0.05, 0.1) is 10.9 Å². The maximum atomic E-state index is 12.7. The molecule has 3 aromatic rings. The average molecular weight is 392 g/mol. The first kappa shape index (κ1) is 18.1. The average Bonchev–Trinajstić information content (AvgIpc) is 3.00. The van der Waals surface area contributed by atoms with Gasteiger partial charge in [0.2, 0.25) is 5.91 Å². The van der Waals surface area contributed by atoms with Crippen LogP contribution in [0, 0.1) is 13.8 Å². The van der Waals surface area contributed by atoms with Gasteiger partial charge in [0.1, 0.15) is 17.2 Å². The van der Waals surface area contributed by atoms with Crippen molar-refractivity contribution in [3.8, 4) is 0 Å². The number of nitrogens with one attached hydrogen (secondary N) is 1. The number of aryl methyl sites for hydroxylation is 1. The van der Waals surface area contributed by atoms with E-state index in [0.29, 0.717) is 26.9 Å². The van der Waals surface area contributed by atoms with E-state index in [4.69, 9.17) is 11.6 Å². The van der Waals surface area contributed by atoms with Crippen LogP contribution in [-0.2, 0) is 11.3 Å². The van der Waals surface area contributed by atoms with E-state index in [0.717, 1.165) is 15.9 Å². The molecule has 2 aromatic heterocycles. The van der Waals surface area contributed by atoms with Crippen LogP contribution in [0.15, 0.2) is 28.4 Å². The van der Waals surface area contributed by atoms with E-state index in [2.05, 4.69) is 10.3 Å². The van der Waals surface area contributed by atoms with Crippen molar-refractivity contribution in [2.24, 2.45) is 0 Å². The molecule has 0 fully saturated rings. The highest BCUT2D eigenvalue weighted by atomic mass is 35.5. The molecule has 0 spiro atoms. The van der Waals surface area contributed by atoms with E-state index < -0.39 is 17.4 Å². The van der Waals surface area contributed by atoms with Crippen molar-refractivity contribution in [1.29, 1.82) is 0 Å². The molecule has 1 amide bonds. The Hall–Kier alpha value is -2.71. The van der Waals surface area contributed by atoms with Gasteiger partial charge in [-0.05, 0) is 31.5 Å². The lowest BCUT2D eigenvalue weighted by Gasteiger charge is -2.12. The molecule has 0 aliphatic rings. The summed E-state index contributed by atoms with van der Waals surface area (Å²) in [5.41, 5.74) is 0.599. The predicted octanol–water partition coefficient (Wildman–Crippen LogP) is 3.07. The summed E-state index contributed by atoms with van der Waals surface area (Å²) in [6, 6.07) is 5.13. The van der Waals surface area contributed by atoms with Crippen LogP contribution in [0.4, 0.5) is 5.69 Å². The van der Waals surface area contributed by atoms with Crippen LogP contribution in [0.2, 0.25) is 5.02 Å². The molecule has 0 saturated heterocycles. The Morgan fingerprint density at radius 1 is 1.35 bits per heavy atom. The van der Waals surface area contributed by atoms with E-state index in [-0.39, 0.29) is 17.5 Å². The second kappa shape index (κ2) is 6.89. The number of anilines is 1. The van der Waals surface area contributed by atoms with Crippen LogP contribution in [-0.4, -0.2) is 26.5 Å². The monoisotopic (exact) mass is 391 g/mol. The van der Waals surface area contributed by atoms with Crippen molar-refractivity contribution < 1.29 is 14.7 Å². The number of fused-ring (bicyclic) bond motifs is 1. The molecule has 0 radical (unpaired) electrons. The largest absolute Gasteiger partial charge is 0.478 e. The van der Waals surface area contributed by atoms with Gasteiger partial charge in [-0.1, -0.05) is 17.7 Å². The van der Waals surface area contributed by atoms with Crippen LogP contribution < -0.4 is 10.9 Å². The number of carboxylic acid groups (broad SMARTS) is 1. The van der Waals surface area contributed by atoms with Crippen molar-refractivity contribution in [3.05, 3.63) is 55.9 Å². The Morgan fingerprint density at radius 2 is 2.08 bits per heavy atom. The Morgan fingerprint density at radius 3 is 2.77 bits per heavy atom. The second-order valence-electron chi connectivity index (χ2n) is 5.65. The van der Waals surface area contributed by atoms with E-state index in [1.807, 2.05) is 0 Å². The van der Waals surface area contributed by atoms with Gasteiger partial charge >= 0.3 is 5.97 Å². The number of carboxylic acids is 1. The summed E-state index contributed by atoms with van der Waals surface area (Å²) in [6.45, 7) is 3.08. The number of carbonyl (C=O) groups excluding carboxylic acids is 1. The topological polar surface area (TPSA) is 101 Å². The van der Waals surface area contributed by atoms with Gasteiger partial charge < -0.3 is 10.4 Å². The summed E-state index contributed by atoms with van der Waals surface area (Å²) in [6.07, 6.45) is 0. The molecule has 134 valence electrons. The maximum absolute atomic E-state index is 12.7. The fourth-order valence-electron chi connectivity index (χ4n) is 2.55. The van der Waals surface area contributed by atoms with Gasteiger partial charge in [-0.25, -0.2) is 9.78 Å². The standard InChI is InChI=1S/C17H14ClN3O4S/c1-8-11(18)4-3-5-12(8)20-13(22)6-21-9(2)19-15-14(16(21)23)10(7-26-15)17(24)25/h3-5,7H,6H2,1-2H3,(H,20,22)(H,24,25). The third-order valence-electron chi connectivity index (χ3n) is 3.96. The number of aromatic nitrogens is 2. The molecule has 9 heteroatoms. The number of thiophene rings is 1. The second-order valence-corrected chi connectivity index (χ2v) is 6.91. The molecule has 3 rings (SSSR count). The first-order chi connectivity index (χ1) is 12.3. The zero-order valence-electron chi connectivity index (χ0n) is 13.9. The summed E-state index contributed by atoms with van der Waals surface area (Å²) >= 11 is 7.12. The van der Waals surface area contributed by atoms with Crippen LogP contribution in [0.5, 0.6) is 0 Å². The number of carbonyl (C=O) groups is 2. The molecule has 0 aliphatic carbocycles. The highest BCUT2D eigenvalue weighted by Gasteiger charge is 2.19. The summed E-state index contributed by atoms with van der Waals surface area (Å²) in [7, 11) is 0. The predicted molar refractivity (Wildman–Crippen MR) is 100 cm³/mol. The zero-order chi connectivity index (χ0) is 19.0. The van der Waals surface area contributed by atoms with E-state index in [1.165, 1.54) is 5.38 Å². The summed E-state index contributed by atoms with van der Waals surface area (Å²) < 4.78 is 1.16. The van der Waals surface area contributed by atoms with E-state index >= 15 is 0 Å². The number of rotatable bonds is 4. The minimum atomic E-state index is -1.20. The van der Waals surface area contributed by atoms with E-state index in [9.17, 15) is 19.5 Å². The van der Waals surface area contributed by atoms with Gasteiger partial charge in [-0.15, -0.1) is 11.3 Å². The lowest BCUT2D eigenvalue weighted by Crippen LogP contribution is -2.30. The van der Waals surface area contributed by atoms with Crippen LogP contribution >= 0.6 is 22.9 Å². The SMILES string of the molecule is Cc1c(Cl)cccc1NC(=O)Cn1c(C)nc2scc(C(=O)O)c2c1=O. The molecule has 2 N–H and O–H groups in total. The number of nitrogens with zero attached hydrogens (tertiary/aromatic N) is 2. The summed E-state index contributed by atoms with van der Waals surface area (Å²) in [5.74, 6) is -1.31. The highest BCUT2D eigenvalue weighted by Crippen LogP contribution is 2.23. The Labute approximate surface area is 156 Å². The molecule has 0 saturated carbocycles. The lowest BCUT2D eigenvalue weighted by atomic mass is 10.2. The van der Waals surface area contributed by atoms with Gasteiger partial charge in [0.25, 0.3) is 5.56 Å². The highest BCUT2D eigenvalue weighted by molar-refractivity contribution is 7.17. The van der Waals surface area contributed by atoms with Crippen molar-refractivity contribution in [1.82, 2.24) is 9.55 Å². The zero-order valence-corrected chi connectivity index (χ0v) is 15.4. The molecule has 0 atom stereocenters. The summed E-state index contributed by atoms with van der Waals surface area (Å²) in [5, 5.41) is 13.8. The fourth-order valence-corrected chi connectivity index (χ4v) is 3.67. The van der Waals surface area contributed by atoms with Gasteiger partial charge in [-0.3, -0.25) is 14.2 Å². The Bertz CT molecular complexity index is 1100. The molecule has 0 aliphatic heterocycles. The molecule has 7 nitrogen and oxygen atoms in total. The number of benzene rings is 1. The Kier molecular flexibility index (Phi) is 4.80. The third kappa shape index (κ3) is 3.21. The number of aromatic carboxylic acids is 1. The van der Waals surface area contributed by atoms with Crippen LogP contribution in [0.1, 0.15) is 21.7 Å². The number of halogens is 1. The van der Waals surface area contributed by atoms with Crippen LogP contribution in [0.3, 0.4) is 0 Å². The fraction of sp³-hybridized carbons (Fsp3) is 0.176. The number of amides is 1. The number of hydrogen-bond donors (Lipinski definition) is 2. The van der Waals surface area contributed by atoms with Crippen molar-refractivity contribution >= 4 is 50.7 Å². The lowest BCUT2D eigenvalue weighted by molar-refractivity contribution is -0.116. The minimum Gasteiger partial charge on any atom is -0.478 e. The van der Waals surface area contributed by atoms with Crippen molar-refractivity contribution in [3.63, 3.8) is 0 Å².